The van der Waals surface area contributed by atoms with Gasteiger partial charge in [-0.15, -0.1) is 0 Å². The second-order valence-corrected chi connectivity index (χ2v) is 4.26. The quantitative estimate of drug-likeness (QED) is 0.789. The number of halogens is 3. The molecule has 0 aliphatic heterocycles. The highest BCUT2D eigenvalue weighted by atomic mass is 32.2. The number of hydrogen-bond acceptors (Lipinski definition) is 3. The highest BCUT2D eigenvalue weighted by molar-refractivity contribution is 8.00. The zero-order valence-electron chi connectivity index (χ0n) is 8.42. The number of hydrogen-bond donors (Lipinski definition) is 2. The molecule has 1 aromatic carbocycles. The molecule has 0 bridgehead atoms. The van der Waals surface area contributed by atoms with Gasteiger partial charge in [0.1, 0.15) is 5.75 Å². The molecule has 1 rings (SSSR count). The largest absolute Gasteiger partial charge is 0.508 e. The Kier molecular flexibility index (Phi) is 4.95. The van der Waals surface area contributed by atoms with Gasteiger partial charge in [-0.3, -0.25) is 0 Å². The Morgan fingerprint density at radius 1 is 1.25 bits per heavy atom. The van der Waals surface area contributed by atoms with Gasteiger partial charge in [-0.2, -0.15) is 13.2 Å². The first-order valence-electron chi connectivity index (χ1n) is 4.67. The Morgan fingerprint density at radius 3 is 2.56 bits per heavy atom. The standard InChI is InChI=1S/C10H12F3NOS/c11-10(12,13)16-6-5-14-7-8-3-1-2-4-9(8)15/h1-4,14-15H,5-7H2. The minimum Gasteiger partial charge on any atom is -0.508 e. The zero-order valence-corrected chi connectivity index (χ0v) is 9.24. The van der Waals surface area contributed by atoms with Crippen molar-refractivity contribution in [1.29, 1.82) is 0 Å². The Morgan fingerprint density at radius 2 is 1.94 bits per heavy atom. The normalized spacial score (nSPS) is 11.7. The van der Waals surface area contributed by atoms with Crippen molar-refractivity contribution in [2.45, 2.75) is 12.1 Å². The van der Waals surface area contributed by atoms with Crippen molar-refractivity contribution < 1.29 is 18.3 Å². The lowest BCUT2D eigenvalue weighted by Gasteiger charge is -2.07. The summed E-state index contributed by atoms with van der Waals surface area (Å²) in [7, 11) is 0. The number of benzene rings is 1. The molecule has 90 valence electrons. The molecule has 6 heteroatoms. The van der Waals surface area contributed by atoms with Crippen molar-refractivity contribution >= 4 is 11.8 Å². The number of thioether (sulfide) groups is 1. The molecule has 0 aliphatic rings. The molecule has 2 N–H and O–H groups in total. The third-order valence-corrected chi connectivity index (χ3v) is 2.59. The van der Waals surface area contributed by atoms with Crippen molar-refractivity contribution in [2.75, 3.05) is 12.3 Å². The molecule has 0 saturated carbocycles. The maximum atomic E-state index is 11.8. The Hall–Kier alpha value is -0.880. The molecule has 0 aliphatic carbocycles. The minimum absolute atomic E-state index is 0.0307. The maximum Gasteiger partial charge on any atom is 0.441 e. The fourth-order valence-electron chi connectivity index (χ4n) is 1.12. The average Bonchev–Trinajstić information content (AvgIpc) is 2.18. The number of phenols is 1. The number of nitrogens with one attached hydrogen (secondary N) is 1. The molecule has 0 unspecified atom stereocenters. The lowest BCUT2D eigenvalue weighted by atomic mass is 10.2. The summed E-state index contributed by atoms with van der Waals surface area (Å²) in [5, 5.41) is 12.2. The van der Waals surface area contributed by atoms with Crippen molar-refractivity contribution in [1.82, 2.24) is 5.32 Å². The third-order valence-electron chi connectivity index (χ3n) is 1.85. The van der Waals surface area contributed by atoms with Gasteiger partial charge < -0.3 is 10.4 Å². The first kappa shape index (κ1) is 13.2. The van der Waals surface area contributed by atoms with Crippen LogP contribution in [0, 0.1) is 0 Å². The van der Waals surface area contributed by atoms with E-state index >= 15 is 0 Å². The van der Waals surface area contributed by atoms with Crippen LogP contribution >= 0.6 is 11.8 Å². The highest BCUT2D eigenvalue weighted by Gasteiger charge is 2.27. The summed E-state index contributed by atoms with van der Waals surface area (Å²) >= 11 is -0.0521. The van der Waals surface area contributed by atoms with Crippen LogP contribution in [0.2, 0.25) is 0 Å². The van der Waals surface area contributed by atoms with Crippen LogP contribution in [0.15, 0.2) is 24.3 Å². The van der Waals surface area contributed by atoms with Gasteiger partial charge in [0.05, 0.1) is 0 Å². The summed E-state index contributed by atoms with van der Waals surface area (Å²) in [5.41, 5.74) is -3.49. The summed E-state index contributed by atoms with van der Waals surface area (Å²) in [4.78, 5) is 0. The van der Waals surface area contributed by atoms with Gasteiger partial charge in [-0.05, 0) is 17.8 Å². The van der Waals surface area contributed by atoms with Gasteiger partial charge in [-0.1, -0.05) is 18.2 Å². The summed E-state index contributed by atoms with van der Waals surface area (Å²) < 4.78 is 35.3. The van der Waals surface area contributed by atoms with E-state index in [1.54, 1.807) is 24.3 Å². The van der Waals surface area contributed by atoms with E-state index in [1.807, 2.05) is 0 Å². The molecule has 16 heavy (non-hydrogen) atoms. The molecule has 0 saturated heterocycles. The van der Waals surface area contributed by atoms with Gasteiger partial charge in [0.25, 0.3) is 0 Å². The number of para-hydroxylation sites is 1. The van der Waals surface area contributed by atoms with Crippen LogP contribution in [-0.2, 0) is 6.54 Å². The summed E-state index contributed by atoms with van der Waals surface area (Å²) in [6, 6.07) is 6.72. The minimum atomic E-state index is -4.17. The van der Waals surface area contributed by atoms with Gasteiger partial charge >= 0.3 is 5.51 Å². The second-order valence-electron chi connectivity index (χ2n) is 3.10. The van der Waals surface area contributed by atoms with E-state index in [1.165, 1.54) is 0 Å². The fourth-order valence-corrected chi connectivity index (χ4v) is 1.60. The van der Waals surface area contributed by atoms with Crippen LogP contribution < -0.4 is 5.32 Å². The third kappa shape index (κ3) is 5.27. The fraction of sp³-hybridized carbons (Fsp3) is 0.400. The highest BCUT2D eigenvalue weighted by Crippen LogP contribution is 2.29. The van der Waals surface area contributed by atoms with Crippen LogP contribution in [0.3, 0.4) is 0 Å². The van der Waals surface area contributed by atoms with E-state index in [0.717, 1.165) is 0 Å². The zero-order chi connectivity index (χ0) is 12.0. The Bertz CT molecular complexity index is 330. The lowest BCUT2D eigenvalue weighted by Crippen LogP contribution is -2.18. The molecule has 0 atom stereocenters. The smallest absolute Gasteiger partial charge is 0.441 e. The molecular formula is C10H12F3NOS. The van der Waals surface area contributed by atoms with E-state index in [0.29, 0.717) is 12.1 Å². The molecule has 0 aromatic heterocycles. The Balaban J connectivity index is 2.19. The Labute approximate surface area is 95.9 Å². The molecule has 0 spiro atoms. The van der Waals surface area contributed by atoms with Gasteiger partial charge in [-0.25, -0.2) is 0 Å². The topological polar surface area (TPSA) is 32.3 Å². The molecule has 0 amide bonds. The van der Waals surface area contributed by atoms with Crippen molar-refractivity contribution in [3.05, 3.63) is 29.8 Å². The van der Waals surface area contributed by atoms with Gasteiger partial charge in [0.2, 0.25) is 0 Å². The first-order chi connectivity index (χ1) is 7.49. The van der Waals surface area contributed by atoms with E-state index < -0.39 is 5.51 Å². The van der Waals surface area contributed by atoms with Crippen LogP contribution in [0.25, 0.3) is 0 Å². The maximum absolute atomic E-state index is 11.8. The van der Waals surface area contributed by atoms with E-state index in [-0.39, 0.29) is 29.8 Å². The lowest BCUT2D eigenvalue weighted by molar-refractivity contribution is -0.0327. The van der Waals surface area contributed by atoms with E-state index in [4.69, 9.17) is 0 Å². The number of phenolic OH excluding ortho intramolecular Hbond substituents is 1. The van der Waals surface area contributed by atoms with Gasteiger partial charge in [0, 0.05) is 24.4 Å². The predicted molar refractivity (Wildman–Crippen MR) is 58.3 cm³/mol. The van der Waals surface area contributed by atoms with Crippen molar-refractivity contribution in [3.8, 4) is 5.75 Å². The predicted octanol–water partition coefficient (Wildman–Crippen LogP) is 2.73. The molecule has 0 heterocycles. The monoisotopic (exact) mass is 251 g/mol. The van der Waals surface area contributed by atoms with Crippen LogP contribution in [-0.4, -0.2) is 22.9 Å². The SMILES string of the molecule is Oc1ccccc1CNCCSC(F)(F)F. The molecular weight excluding hydrogens is 239 g/mol. The van der Waals surface area contributed by atoms with Crippen LogP contribution in [0.1, 0.15) is 5.56 Å². The second kappa shape index (κ2) is 6.00. The average molecular weight is 251 g/mol. The number of alkyl halides is 3. The molecule has 2 nitrogen and oxygen atoms in total. The summed E-state index contributed by atoms with van der Waals surface area (Å²) in [6.45, 7) is 0.615. The van der Waals surface area contributed by atoms with E-state index in [2.05, 4.69) is 5.32 Å². The number of aromatic hydroxyl groups is 1. The van der Waals surface area contributed by atoms with Crippen LogP contribution in [0.4, 0.5) is 13.2 Å². The van der Waals surface area contributed by atoms with Gasteiger partial charge in [0.15, 0.2) is 0 Å². The molecule has 0 fully saturated rings. The first-order valence-corrected chi connectivity index (χ1v) is 5.66. The molecule has 0 radical (unpaired) electrons. The molecule has 1 aromatic rings. The van der Waals surface area contributed by atoms with Crippen molar-refractivity contribution in [3.63, 3.8) is 0 Å². The van der Waals surface area contributed by atoms with Crippen LogP contribution in [0.5, 0.6) is 5.75 Å². The summed E-state index contributed by atoms with van der Waals surface area (Å²) in [5.74, 6) is 0.121. The van der Waals surface area contributed by atoms with E-state index in [9.17, 15) is 18.3 Å². The summed E-state index contributed by atoms with van der Waals surface area (Å²) in [6.07, 6.45) is 0. The van der Waals surface area contributed by atoms with Crippen molar-refractivity contribution in [2.24, 2.45) is 0 Å². The number of rotatable bonds is 5.